The summed E-state index contributed by atoms with van der Waals surface area (Å²) in [6.07, 6.45) is 22.8. The summed E-state index contributed by atoms with van der Waals surface area (Å²) >= 11 is 5.66. The molecule has 4 heteroatoms. The van der Waals surface area contributed by atoms with Crippen LogP contribution in [0, 0.1) is 0 Å². The molecule has 26 heavy (non-hydrogen) atoms. The predicted molar refractivity (Wildman–Crippen MR) is 121 cm³/mol. The van der Waals surface area contributed by atoms with Crippen molar-refractivity contribution in [1.29, 1.82) is 0 Å². The van der Waals surface area contributed by atoms with Gasteiger partial charge in [-0.05, 0) is 6.42 Å². The monoisotopic (exact) mass is 391 g/mol. The molecule has 160 valence electrons. The lowest BCUT2D eigenvalue weighted by atomic mass is 10.0. The average Bonchev–Trinajstić information content (AvgIpc) is 2.67. The molecule has 1 heterocycles. The van der Waals surface area contributed by atoms with Crippen LogP contribution in [0.2, 0.25) is 0 Å². The van der Waals surface area contributed by atoms with Crippen LogP contribution in [0.25, 0.3) is 0 Å². The van der Waals surface area contributed by atoms with Crippen LogP contribution in [0.15, 0.2) is 0 Å². The van der Waals surface area contributed by atoms with E-state index in [2.05, 4.69) is 17.6 Å². The summed E-state index contributed by atoms with van der Waals surface area (Å²) in [4.78, 5) is 0. The zero-order valence-electron chi connectivity index (χ0n) is 17.9. The summed E-state index contributed by atoms with van der Waals surface area (Å²) in [5.41, 5.74) is 0. The highest BCUT2D eigenvalue weighted by Crippen LogP contribution is 2.13. The van der Waals surface area contributed by atoms with E-state index < -0.39 is 0 Å². The molecule has 3 nitrogen and oxygen atoms in total. The summed E-state index contributed by atoms with van der Waals surface area (Å²) in [6.45, 7) is 6.85. The molecule has 0 aromatic carbocycles. The van der Waals surface area contributed by atoms with E-state index in [0.29, 0.717) is 0 Å². The standard InChI is InChI=1S/C18H37Cl.C4H10N2.H3N/c1-2-3-4-5-6-7-8-9-10-11-12-13-14-15-16-17-18-19;1-2-6-4-3-5-1;/h2-18H2,1H3;5-6H,1-4H2;1H3. The van der Waals surface area contributed by atoms with E-state index in [-0.39, 0.29) is 6.15 Å². The molecule has 1 fully saturated rings. The lowest BCUT2D eigenvalue weighted by molar-refractivity contribution is 0.531. The van der Waals surface area contributed by atoms with Crippen molar-refractivity contribution in [2.24, 2.45) is 0 Å². The van der Waals surface area contributed by atoms with Crippen LogP contribution in [-0.2, 0) is 0 Å². The molecule has 0 amide bonds. The number of rotatable bonds is 16. The molecule has 0 aromatic heterocycles. The number of piperazine rings is 1. The zero-order chi connectivity index (χ0) is 18.3. The first-order chi connectivity index (χ1) is 12.4. The molecular formula is C22H50ClN3. The Labute approximate surface area is 170 Å². The van der Waals surface area contributed by atoms with E-state index in [4.69, 9.17) is 11.6 Å². The van der Waals surface area contributed by atoms with Crippen LogP contribution >= 0.6 is 11.6 Å². The lowest BCUT2D eigenvalue weighted by Gasteiger charge is -2.11. The van der Waals surface area contributed by atoms with Gasteiger partial charge < -0.3 is 16.8 Å². The van der Waals surface area contributed by atoms with Crippen molar-refractivity contribution in [3.63, 3.8) is 0 Å². The molecule has 0 unspecified atom stereocenters. The number of unbranched alkanes of at least 4 members (excludes halogenated alkanes) is 15. The van der Waals surface area contributed by atoms with Crippen molar-refractivity contribution in [3.8, 4) is 0 Å². The first-order valence-electron chi connectivity index (χ1n) is 11.4. The second kappa shape index (κ2) is 27.4. The van der Waals surface area contributed by atoms with Crippen molar-refractivity contribution in [2.45, 2.75) is 110 Å². The Morgan fingerprint density at radius 1 is 0.500 bits per heavy atom. The van der Waals surface area contributed by atoms with Crippen LogP contribution < -0.4 is 16.8 Å². The van der Waals surface area contributed by atoms with Crippen LogP contribution in [0.4, 0.5) is 0 Å². The topological polar surface area (TPSA) is 59.1 Å². The number of hydrogen-bond donors (Lipinski definition) is 3. The molecule has 1 saturated heterocycles. The molecule has 0 aromatic rings. The van der Waals surface area contributed by atoms with Gasteiger partial charge in [-0.1, -0.05) is 103 Å². The third kappa shape index (κ3) is 26.4. The fourth-order valence-electron chi connectivity index (χ4n) is 3.25. The summed E-state index contributed by atoms with van der Waals surface area (Å²) < 4.78 is 0. The van der Waals surface area contributed by atoms with Crippen LogP contribution in [-0.4, -0.2) is 32.1 Å². The fourth-order valence-corrected chi connectivity index (χ4v) is 3.44. The highest BCUT2D eigenvalue weighted by Gasteiger charge is 1.94. The Kier molecular flexibility index (Phi) is 29.9. The Balaban J connectivity index is 0. The minimum atomic E-state index is 0. The first-order valence-corrected chi connectivity index (χ1v) is 11.9. The van der Waals surface area contributed by atoms with Gasteiger partial charge in [0.25, 0.3) is 0 Å². The summed E-state index contributed by atoms with van der Waals surface area (Å²) in [5.74, 6) is 0.846. The predicted octanol–water partition coefficient (Wildman–Crippen LogP) is 6.83. The van der Waals surface area contributed by atoms with E-state index in [1.54, 1.807) is 0 Å². The highest BCUT2D eigenvalue weighted by molar-refractivity contribution is 6.17. The van der Waals surface area contributed by atoms with Gasteiger partial charge in [0.05, 0.1) is 0 Å². The van der Waals surface area contributed by atoms with Gasteiger partial charge in [-0.25, -0.2) is 0 Å². The third-order valence-corrected chi connectivity index (χ3v) is 5.21. The van der Waals surface area contributed by atoms with Crippen molar-refractivity contribution in [3.05, 3.63) is 0 Å². The maximum atomic E-state index is 5.66. The maximum absolute atomic E-state index is 5.66. The Morgan fingerprint density at radius 2 is 0.769 bits per heavy atom. The Morgan fingerprint density at radius 3 is 1.00 bits per heavy atom. The highest BCUT2D eigenvalue weighted by atomic mass is 35.5. The Bertz CT molecular complexity index is 196. The van der Waals surface area contributed by atoms with Crippen molar-refractivity contribution < 1.29 is 0 Å². The average molecular weight is 392 g/mol. The normalized spacial score (nSPS) is 13.6. The van der Waals surface area contributed by atoms with Gasteiger partial charge >= 0.3 is 0 Å². The molecule has 0 spiro atoms. The van der Waals surface area contributed by atoms with Crippen molar-refractivity contribution in [1.82, 2.24) is 16.8 Å². The van der Waals surface area contributed by atoms with Crippen molar-refractivity contribution >= 4 is 11.6 Å². The molecule has 0 bridgehead atoms. The number of nitrogens with one attached hydrogen (secondary N) is 2. The quantitative estimate of drug-likeness (QED) is 0.199. The second-order valence-corrected chi connectivity index (χ2v) is 7.87. The van der Waals surface area contributed by atoms with Gasteiger partial charge in [-0.3, -0.25) is 0 Å². The maximum Gasteiger partial charge on any atom is 0.0223 e. The summed E-state index contributed by atoms with van der Waals surface area (Å²) in [6, 6.07) is 0. The Hall–Kier alpha value is 0.170. The van der Waals surface area contributed by atoms with Gasteiger partial charge in [0.2, 0.25) is 0 Å². The largest absolute Gasteiger partial charge is 0.344 e. The van der Waals surface area contributed by atoms with Crippen LogP contribution in [0.1, 0.15) is 110 Å². The molecule has 0 aliphatic carbocycles. The molecule has 1 rings (SSSR count). The van der Waals surface area contributed by atoms with E-state index in [9.17, 15) is 0 Å². The van der Waals surface area contributed by atoms with Crippen LogP contribution in [0.5, 0.6) is 0 Å². The molecule has 0 atom stereocenters. The summed E-state index contributed by atoms with van der Waals surface area (Å²) in [7, 11) is 0. The molecule has 5 N–H and O–H groups in total. The second-order valence-electron chi connectivity index (χ2n) is 7.49. The molecule has 1 aliphatic rings. The molecule has 0 saturated carbocycles. The van der Waals surface area contributed by atoms with Gasteiger partial charge in [0, 0.05) is 32.1 Å². The van der Waals surface area contributed by atoms with Crippen molar-refractivity contribution in [2.75, 3.05) is 32.1 Å². The van der Waals surface area contributed by atoms with Crippen LogP contribution in [0.3, 0.4) is 0 Å². The minimum Gasteiger partial charge on any atom is -0.344 e. The van der Waals surface area contributed by atoms with Gasteiger partial charge in [0.1, 0.15) is 0 Å². The molecular weight excluding hydrogens is 342 g/mol. The number of halogens is 1. The number of alkyl halides is 1. The smallest absolute Gasteiger partial charge is 0.0223 e. The lowest BCUT2D eigenvalue weighted by Crippen LogP contribution is -2.39. The van der Waals surface area contributed by atoms with Gasteiger partial charge in [-0.2, -0.15) is 0 Å². The van der Waals surface area contributed by atoms with E-state index in [1.807, 2.05) is 0 Å². The molecule has 1 aliphatic heterocycles. The van der Waals surface area contributed by atoms with E-state index in [1.165, 1.54) is 103 Å². The minimum absolute atomic E-state index is 0. The number of hydrogen-bond acceptors (Lipinski definition) is 3. The van der Waals surface area contributed by atoms with E-state index in [0.717, 1.165) is 32.1 Å². The summed E-state index contributed by atoms with van der Waals surface area (Å²) in [5, 5.41) is 6.44. The van der Waals surface area contributed by atoms with Gasteiger partial charge in [-0.15, -0.1) is 11.6 Å². The third-order valence-electron chi connectivity index (χ3n) is 4.94. The zero-order valence-corrected chi connectivity index (χ0v) is 18.7. The van der Waals surface area contributed by atoms with E-state index >= 15 is 0 Å². The first kappa shape index (κ1) is 28.4. The fraction of sp³-hybridized carbons (Fsp3) is 1.00. The van der Waals surface area contributed by atoms with Gasteiger partial charge in [0.15, 0.2) is 0 Å². The SMILES string of the molecule is C1CNCCN1.CCCCCCCCCCCCCCCCCCCl.N. The molecule has 0 radical (unpaired) electrons.